The number of aromatic hydroxyl groups is 1. The highest BCUT2D eigenvalue weighted by molar-refractivity contribution is 5.94. The van der Waals surface area contributed by atoms with Crippen LogP contribution in [0.5, 0.6) is 5.75 Å². The molecule has 0 aromatic carbocycles. The molecule has 0 aliphatic carbocycles. The summed E-state index contributed by atoms with van der Waals surface area (Å²) in [6.07, 6.45) is 5.03. The lowest BCUT2D eigenvalue weighted by Crippen LogP contribution is -2.59. The Morgan fingerprint density at radius 1 is 1.36 bits per heavy atom. The number of rotatable bonds is 1. The minimum atomic E-state index is -0.360. The quantitative estimate of drug-likeness (QED) is 0.628. The molecule has 2 aliphatic rings. The highest BCUT2D eigenvalue weighted by Gasteiger charge is 2.45. The Labute approximate surface area is 146 Å². The van der Waals surface area contributed by atoms with Crippen LogP contribution in [0, 0.1) is 5.41 Å². The molecule has 25 heavy (non-hydrogen) atoms. The molecule has 2 fully saturated rings. The number of nitrogens with zero attached hydrogens (tertiary/aromatic N) is 3. The molecule has 0 saturated carbocycles. The Balaban J connectivity index is 0.000000701. The van der Waals surface area contributed by atoms with E-state index in [2.05, 4.69) is 16.9 Å². The van der Waals surface area contributed by atoms with Crippen molar-refractivity contribution in [3.8, 4) is 5.75 Å². The maximum Gasteiger partial charge on any atom is 0.290 e. The third kappa shape index (κ3) is 4.46. The van der Waals surface area contributed by atoms with E-state index in [1.807, 2.05) is 0 Å². The lowest BCUT2D eigenvalue weighted by molar-refractivity contribution is -0.122. The number of carbonyl (C=O) groups is 2. The zero-order valence-electron chi connectivity index (χ0n) is 14.3. The zero-order chi connectivity index (χ0) is 18.4. The Hall–Kier alpha value is -2.19. The van der Waals surface area contributed by atoms with Crippen LogP contribution in [0.4, 0.5) is 0 Å². The van der Waals surface area contributed by atoms with Gasteiger partial charge in [-0.2, -0.15) is 0 Å². The van der Waals surface area contributed by atoms with E-state index < -0.39 is 0 Å². The first kappa shape index (κ1) is 19.1. The number of carboxylic acid groups (broad SMARTS) is 1. The highest BCUT2D eigenvalue weighted by atomic mass is 16.3. The molecule has 0 radical (unpaired) electrons. The molecule has 1 amide bonds. The molecule has 138 valence electrons. The number of amides is 1. The number of aromatic nitrogens is 1. The number of hydrogen-bond acceptors (Lipinski definition) is 6. The fourth-order valence-electron chi connectivity index (χ4n) is 3.83. The molecule has 2 aliphatic heterocycles. The molecular weight excluding hydrogens is 326 g/mol. The van der Waals surface area contributed by atoms with Gasteiger partial charge in [0.2, 0.25) is 0 Å². The predicted octanol–water partition coefficient (Wildman–Crippen LogP) is 0.407. The first-order chi connectivity index (χ1) is 11.9. The normalized spacial score (nSPS) is 26.6. The predicted molar refractivity (Wildman–Crippen MR) is 90.3 cm³/mol. The molecule has 3 N–H and O–H groups in total. The van der Waals surface area contributed by atoms with E-state index in [9.17, 15) is 15.0 Å². The summed E-state index contributed by atoms with van der Waals surface area (Å²) in [4.78, 5) is 28.9. The van der Waals surface area contributed by atoms with E-state index in [-0.39, 0.29) is 29.6 Å². The average Bonchev–Trinajstić information content (AvgIpc) is 2.59. The highest BCUT2D eigenvalue weighted by Crippen LogP contribution is 2.38. The summed E-state index contributed by atoms with van der Waals surface area (Å²) >= 11 is 0. The molecular formula is C17H25N3O5. The molecule has 1 aromatic rings. The van der Waals surface area contributed by atoms with Gasteiger partial charge in [-0.15, -0.1) is 0 Å². The minimum absolute atomic E-state index is 0.00462. The second-order valence-electron chi connectivity index (χ2n) is 6.77. The number of aliphatic hydroxyl groups is 1. The fourth-order valence-corrected chi connectivity index (χ4v) is 3.83. The number of aliphatic hydroxyl groups excluding tert-OH is 1. The van der Waals surface area contributed by atoms with Crippen LogP contribution in [-0.4, -0.2) is 81.8 Å². The van der Waals surface area contributed by atoms with Crippen molar-refractivity contribution < 1.29 is 24.9 Å². The average molecular weight is 351 g/mol. The van der Waals surface area contributed by atoms with E-state index in [1.165, 1.54) is 18.5 Å². The summed E-state index contributed by atoms with van der Waals surface area (Å²) in [5, 5.41) is 26.9. The number of pyridine rings is 1. The van der Waals surface area contributed by atoms with Crippen molar-refractivity contribution in [3.63, 3.8) is 0 Å². The van der Waals surface area contributed by atoms with E-state index in [4.69, 9.17) is 9.90 Å². The third-order valence-corrected chi connectivity index (χ3v) is 4.94. The van der Waals surface area contributed by atoms with Crippen LogP contribution in [0.15, 0.2) is 18.5 Å². The van der Waals surface area contributed by atoms with Crippen LogP contribution in [0.2, 0.25) is 0 Å². The second-order valence-corrected chi connectivity index (χ2v) is 6.77. The van der Waals surface area contributed by atoms with E-state index >= 15 is 0 Å². The maximum atomic E-state index is 12.6. The van der Waals surface area contributed by atoms with Gasteiger partial charge in [0.05, 0.1) is 17.9 Å². The van der Waals surface area contributed by atoms with Crippen LogP contribution >= 0.6 is 0 Å². The van der Waals surface area contributed by atoms with Gasteiger partial charge in [-0.05, 0) is 32.4 Å². The summed E-state index contributed by atoms with van der Waals surface area (Å²) in [5.74, 6) is -0.127. The van der Waals surface area contributed by atoms with Crippen LogP contribution < -0.4 is 0 Å². The van der Waals surface area contributed by atoms with Crippen molar-refractivity contribution in [1.82, 2.24) is 14.8 Å². The van der Waals surface area contributed by atoms with Crippen LogP contribution in [0.25, 0.3) is 0 Å². The van der Waals surface area contributed by atoms with Gasteiger partial charge in [0.25, 0.3) is 12.4 Å². The van der Waals surface area contributed by atoms with Crippen molar-refractivity contribution in [1.29, 1.82) is 0 Å². The lowest BCUT2D eigenvalue weighted by Gasteiger charge is -2.50. The van der Waals surface area contributed by atoms with Gasteiger partial charge in [0.15, 0.2) is 0 Å². The van der Waals surface area contributed by atoms with Gasteiger partial charge in [0.1, 0.15) is 5.75 Å². The Bertz CT molecular complexity index is 612. The van der Waals surface area contributed by atoms with E-state index in [0.717, 1.165) is 32.4 Å². The van der Waals surface area contributed by atoms with Crippen molar-refractivity contribution in [2.24, 2.45) is 5.41 Å². The minimum Gasteiger partial charge on any atom is -0.506 e. The van der Waals surface area contributed by atoms with Gasteiger partial charge in [0, 0.05) is 37.8 Å². The Morgan fingerprint density at radius 2 is 2.08 bits per heavy atom. The van der Waals surface area contributed by atoms with Crippen LogP contribution in [0.1, 0.15) is 29.6 Å². The number of hydrogen-bond donors (Lipinski definition) is 3. The second kappa shape index (κ2) is 8.26. The summed E-state index contributed by atoms with van der Waals surface area (Å²) in [7, 11) is 2.06. The smallest absolute Gasteiger partial charge is 0.290 e. The number of likely N-dealkylation sites (tertiary alicyclic amines) is 2. The number of carbonyl (C=O) groups excluding carboxylic acids is 1. The number of piperidine rings is 2. The topological polar surface area (TPSA) is 114 Å². The molecule has 1 aromatic heterocycles. The SMILES string of the molecule is CN1CC[C@H](O)[C@@]2(CCCN(C(=O)c3cncc(O)c3)C2)C1.O=CO. The molecule has 0 bridgehead atoms. The molecule has 3 rings (SSSR count). The summed E-state index contributed by atoms with van der Waals surface area (Å²) in [6.45, 7) is 2.71. The van der Waals surface area contributed by atoms with Crippen molar-refractivity contribution in [2.75, 3.05) is 33.2 Å². The molecule has 3 heterocycles. The first-order valence-corrected chi connectivity index (χ1v) is 8.29. The fraction of sp³-hybridized carbons (Fsp3) is 0.588. The summed E-state index contributed by atoms with van der Waals surface area (Å²) < 4.78 is 0. The molecule has 8 heteroatoms. The monoisotopic (exact) mass is 351 g/mol. The molecule has 0 unspecified atom stereocenters. The molecule has 2 saturated heterocycles. The standard InChI is InChI=1S/C16H23N3O3.CH2O2/c1-18-6-3-14(21)16(10-18)4-2-5-19(11-16)15(22)12-7-13(20)9-17-8-12;2-1-3/h7-9,14,20-21H,2-6,10-11H2,1H3;1H,(H,2,3)/t14-,16-;/m0./s1. The molecule has 1 spiro atoms. The van der Waals surface area contributed by atoms with Gasteiger partial charge < -0.3 is 25.1 Å². The molecule has 8 nitrogen and oxygen atoms in total. The third-order valence-electron chi connectivity index (χ3n) is 4.94. The van der Waals surface area contributed by atoms with Gasteiger partial charge in [-0.25, -0.2) is 0 Å². The van der Waals surface area contributed by atoms with Gasteiger partial charge >= 0.3 is 0 Å². The van der Waals surface area contributed by atoms with Gasteiger partial charge in [-0.1, -0.05) is 0 Å². The van der Waals surface area contributed by atoms with Crippen LogP contribution in [0.3, 0.4) is 0 Å². The van der Waals surface area contributed by atoms with Crippen molar-refractivity contribution >= 4 is 12.4 Å². The van der Waals surface area contributed by atoms with Crippen molar-refractivity contribution in [2.45, 2.75) is 25.4 Å². The van der Waals surface area contributed by atoms with Crippen LogP contribution in [-0.2, 0) is 4.79 Å². The maximum absolute atomic E-state index is 12.6. The molecule has 2 atom stereocenters. The summed E-state index contributed by atoms with van der Waals surface area (Å²) in [6, 6.07) is 1.44. The van der Waals surface area contributed by atoms with E-state index in [0.29, 0.717) is 18.7 Å². The Morgan fingerprint density at radius 3 is 2.76 bits per heavy atom. The van der Waals surface area contributed by atoms with Crippen molar-refractivity contribution in [3.05, 3.63) is 24.0 Å². The van der Waals surface area contributed by atoms with Gasteiger partial charge in [-0.3, -0.25) is 14.6 Å². The summed E-state index contributed by atoms with van der Waals surface area (Å²) in [5.41, 5.74) is 0.168. The van der Waals surface area contributed by atoms with E-state index in [1.54, 1.807) is 4.90 Å². The first-order valence-electron chi connectivity index (χ1n) is 8.29. The largest absolute Gasteiger partial charge is 0.506 e. The lowest BCUT2D eigenvalue weighted by atomic mass is 9.71. The Kier molecular flexibility index (Phi) is 6.33. The zero-order valence-corrected chi connectivity index (χ0v) is 14.3.